The van der Waals surface area contributed by atoms with Crippen molar-refractivity contribution >= 4 is 23.4 Å². The Kier molecular flexibility index (Phi) is 10.4. The van der Waals surface area contributed by atoms with Crippen molar-refractivity contribution in [1.29, 1.82) is 0 Å². The van der Waals surface area contributed by atoms with E-state index in [-0.39, 0.29) is 23.6 Å². The number of likely N-dealkylation sites (tertiary alicyclic amines) is 1. The molecule has 294 valence electrons. The monoisotopic (exact) mass is 763 g/mol. The summed E-state index contributed by atoms with van der Waals surface area (Å²) < 4.78 is 0. The molecule has 2 N–H and O–H groups in total. The van der Waals surface area contributed by atoms with E-state index < -0.39 is 6.04 Å². The smallest absolute Gasteiger partial charge is 0.262 e. The van der Waals surface area contributed by atoms with Gasteiger partial charge in [-0.05, 0) is 141 Å². The average Bonchev–Trinajstić information content (AvgIpc) is 3.49. The number of nitrogens with one attached hydrogen (secondary N) is 1. The second-order valence-electron chi connectivity index (χ2n) is 16.7. The molecule has 4 aliphatic heterocycles. The number of aryl methyl sites for hydroxylation is 1. The van der Waals surface area contributed by atoms with Crippen LogP contribution in [0.1, 0.15) is 105 Å². The lowest BCUT2D eigenvalue weighted by Crippen LogP contribution is -2.51. The Morgan fingerprint density at radius 2 is 1.37 bits per heavy atom. The number of carbonyl (C=O) groups is 3. The minimum Gasteiger partial charge on any atom is -0.508 e. The van der Waals surface area contributed by atoms with Crippen LogP contribution < -0.4 is 10.2 Å². The van der Waals surface area contributed by atoms with Crippen LogP contribution in [0, 0.1) is 0 Å². The second-order valence-corrected chi connectivity index (χ2v) is 16.7. The van der Waals surface area contributed by atoms with E-state index in [0.29, 0.717) is 47.3 Å². The fourth-order valence-corrected chi connectivity index (χ4v) is 10.2. The predicted molar refractivity (Wildman–Crippen MR) is 223 cm³/mol. The first-order chi connectivity index (χ1) is 27.8. The average molecular weight is 764 g/mol. The van der Waals surface area contributed by atoms with Crippen LogP contribution in [-0.2, 0) is 11.2 Å². The first kappa shape index (κ1) is 37.3. The number of hydrogen-bond donors (Lipinski definition) is 2. The Balaban J connectivity index is 0.741. The highest BCUT2D eigenvalue weighted by Crippen LogP contribution is 2.47. The number of hydrogen-bond acceptors (Lipinski definition) is 7. The number of fused-ring (bicyclic) bond motifs is 2. The van der Waals surface area contributed by atoms with Crippen molar-refractivity contribution in [3.8, 4) is 5.75 Å². The molecule has 4 aromatic rings. The van der Waals surface area contributed by atoms with Crippen molar-refractivity contribution in [2.45, 2.75) is 68.7 Å². The summed E-state index contributed by atoms with van der Waals surface area (Å²) in [7, 11) is 0. The Morgan fingerprint density at radius 1 is 0.667 bits per heavy atom. The van der Waals surface area contributed by atoms with Gasteiger partial charge in [0.1, 0.15) is 11.8 Å². The van der Waals surface area contributed by atoms with E-state index >= 15 is 0 Å². The third-order valence-electron chi connectivity index (χ3n) is 13.4. The maximum absolute atomic E-state index is 13.4. The lowest BCUT2D eigenvalue weighted by molar-refractivity contribution is -0.125. The van der Waals surface area contributed by atoms with Crippen LogP contribution in [0.4, 0.5) is 5.69 Å². The molecule has 3 fully saturated rings. The van der Waals surface area contributed by atoms with Gasteiger partial charge in [-0.3, -0.25) is 24.2 Å². The molecule has 0 bridgehead atoms. The molecule has 0 aromatic heterocycles. The predicted octanol–water partition coefficient (Wildman–Crippen LogP) is 7.03. The van der Waals surface area contributed by atoms with E-state index in [1.165, 1.54) is 40.7 Å². The molecule has 3 saturated heterocycles. The number of piperidine rings is 2. The Labute approximate surface area is 336 Å². The first-order valence-electron chi connectivity index (χ1n) is 21.0. The van der Waals surface area contributed by atoms with Gasteiger partial charge in [0.15, 0.2) is 0 Å². The molecular weight excluding hydrogens is 711 g/mol. The van der Waals surface area contributed by atoms with Gasteiger partial charge in [0.25, 0.3) is 11.8 Å². The largest absolute Gasteiger partial charge is 0.508 e. The van der Waals surface area contributed by atoms with Crippen molar-refractivity contribution in [2.24, 2.45) is 0 Å². The molecule has 9 nitrogen and oxygen atoms in total. The van der Waals surface area contributed by atoms with Crippen molar-refractivity contribution in [2.75, 3.05) is 57.3 Å². The van der Waals surface area contributed by atoms with E-state index in [2.05, 4.69) is 87.3 Å². The number of phenolic OH excluding ortho intramolecular Hbond substituents is 1. The van der Waals surface area contributed by atoms with Crippen molar-refractivity contribution in [1.82, 2.24) is 20.0 Å². The SMILES string of the molecule is C=C1CCC(N2C(=O)c3ccc(N4CCN(CCCN5CCC(c6ccc([C@@H]7c8ccc(O)cc8CC[C@@H]7c7ccccc7)cc6)CC5)CC4)cc3C2=O)C(=O)N1. The molecule has 57 heavy (non-hydrogen) atoms. The third kappa shape index (κ3) is 7.51. The van der Waals surface area contributed by atoms with Gasteiger partial charge in [0.2, 0.25) is 5.91 Å². The molecular formula is C48H53N5O4. The number of phenols is 1. The van der Waals surface area contributed by atoms with Crippen LogP contribution >= 0.6 is 0 Å². The Bertz CT molecular complexity index is 2150. The van der Waals surface area contributed by atoms with Crippen LogP contribution in [-0.4, -0.2) is 95.9 Å². The van der Waals surface area contributed by atoms with Gasteiger partial charge < -0.3 is 20.2 Å². The molecule has 3 amide bonds. The highest BCUT2D eigenvalue weighted by atomic mass is 16.3. The van der Waals surface area contributed by atoms with E-state index in [1.54, 1.807) is 6.07 Å². The standard InChI is InChI=1S/C48H53N5O4/c1-32-8-19-44(46(55)49-32)53-47(56)42-17-14-38(31-43(42)48(53)57)52-28-26-51(27-29-52)23-5-22-50-24-20-34(21-25-50)33-9-11-36(12-10-33)45-40(35-6-3-2-4-7-35)16-13-37-30-39(54)15-18-41(37)45/h2-4,6-7,9-12,14-15,17-18,30-31,34,40,44-45,54H,1,5,8,13,16,19-29H2,(H,49,55)/t40-,44?,45+/m1/s1. The first-order valence-corrected chi connectivity index (χ1v) is 21.0. The maximum atomic E-state index is 13.4. The zero-order chi connectivity index (χ0) is 39.0. The van der Waals surface area contributed by atoms with Crippen molar-refractivity contribution in [3.63, 3.8) is 0 Å². The summed E-state index contributed by atoms with van der Waals surface area (Å²) in [5, 5.41) is 12.9. The normalized spacial score (nSPS) is 23.4. The summed E-state index contributed by atoms with van der Waals surface area (Å²) >= 11 is 0. The summed E-state index contributed by atoms with van der Waals surface area (Å²) in [5.74, 6) is 0.523. The van der Waals surface area contributed by atoms with Crippen LogP contribution in [0.15, 0.2) is 103 Å². The number of nitrogens with zero attached hydrogens (tertiary/aromatic N) is 4. The fraction of sp³-hybridized carbons (Fsp3) is 0.396. The maximum Gasteiger partial charge on any atom is 0.262 e. The molecule has 1 unspecified atom stereocenters. The van der Waals surface area contributed by atoms with Crippen LogP contribution in [0.5, 0.6) is 5.75 Å². The van der Waals surface area contributed by atoms with Crippen LogP contribution in [0.2, 0.25) is 0 Å². The van der Waals surface area contributed by atoms with E-state index in [4.69, 9.17) is 0 Å². The Morgan fingerprint density at radius 3 is 2.11 bits per heavy atom. The topological polar surface area (TPSA) is 96.4 Å². The van der Waals surface area contributed by atoms with Crippen LogP contribution in [0.25, 0.3) is 0 Å². The van der Waals surface area contributed by atoms with Crippen molar-refractivity contribution in [3.05, 3.63) is 142 Å². The van der Waals surface area contributed by atoms with E-state index in [0.717, 1.165) is 82.2 Å². The number of anilines is 1. The van der Waals surface area contributed by atoms with Gasteiger partial charge in [-0.2, -0.15) is 0 Å². The van der Waals surface area contributed by atoms with Gasteiger partial charge in [-0.15, -0.1) is 0 Å². The highest BCUT2D eigenvalue weighted by Gasteiger charge is 2.44. The number of allylic oxidation sites excluding steroid dienone is 1. The number of aromatic hydroxyl groups is 1. The molecule has 0 radical (unpaired) electrons. The summed E-state index contributed by atoms with van der Waals surface area (Å²) in [6.45, 7) is 11.9. The summed E-state index contributed by atoms with van der Waals surface area (Å²) in [5.41, 5.74) is 9.17. The minimum atomic E-state index is -0.794. The summed E-state index contributed by atoms with van der Waals surface area (Å²) in [6.07, 6.45) is 6.54. The summed E-state index contributed by atoms with van der Waals surface area (Å²) in [6, 6.07) is 31.1. The minimum absolute atomic E-state index is 0.276. The lowest BCUT2D eigenvalue weighted by atomic mass is 9.69. The Hall–Kier alpha value is -5.25. The number of rotatable bonds is 9. The second kappa shape index (κ2) is 15.9. The molecule has 3 atom stereocenters. The number of imide groups is 1. The number of amides is 3. The molecule has 1 aliphatic carbocycles. The highest BCUT2D eigenvalue weighted by molar-refractivity contribution is 6.23. The summed E-state index contributed by atoms with van der Waals surface area (Å²) in [4.78, 5) is 47.8. The number of carbonyl (C=O) groups excluding carboxylic acids is 3. The molecule has 5 aliphatic rings. The lowest BCUT2D eigenvalue weighted by Gasteiger charge is -2.37. The van der Waals surface area contributed by atoms with Gasteiger partial charge in [-0.1, -0.05) is 67.2 Å². The molecule has 4 heterocycles. The number of benzene rings is 4. The molecule has 9 rings (SSSR count). The van der Waals surface area contributed by atoms with Gasteiger partial charge in [-0.25, -0.2) is 0 Å². The number of piperazine rings is 1. The molecule has 0 saturated carbocycles. The fourth-order valence-electron chi connectivity index (χ4n) is 10.2. The molecule has 0 spiro atoms. The van der Waals surface area contributed by atoms with Crippen LogP contribution in [0.3, 0.4) is 0 Å². The van der Waals surface area contributed by atoms with E-state index in [1.807, 2.05) is 24.3 Å². The zero-order valence-electron chi connectivity index (χ0n) is 32.7. The zero-order valence-corrected chi connectivity index (χ0v) is 32.7. The third-order valence-corrected chi connectivity index (χ3v) is 13.4. The van der Waals surface area contributed by atoms with Crippen molar-refractivity contribution < 1.29 is 19.5 Å². The van der Waals surface area contributed by atoms with Gasteiger partial charge in [0, 0.05) is 43.5 Å². The molecule has 9 heteroatoms. The van der Waals surface area contributed by atoms with Gasteiger partial charge >= 0.3 is 0 Å². The molecule has 4 aromatic carbocycles. The van der Waals surface area contributed by atoms with Gasteiger partial charge in [0.05, 0.1) is 11.1 Å². The van der Waals surface area contributed by atoms with E-state index in [9.17, 15) is 19.5 Å². The quantitative estimate of drug-likeness (QED) is 0.177.